The first-order valence-corrected chi connectivity index (χ1v) is 7.73. The molecule has 1 aromatic heterocycles. The van der Waals surface area contributed by atoms with Crippen LogP contribution in [0.25, 0.3) is 11.3 Å². The van der Waals surface area contributed by atoms with Gasteiger partial charge >= 0.3 is 5.97 Å². The number of aryl methyl sites for hydroxylation is 1. The van der Waals surface area contributed by atoms with Crippen LogP contribution in [0.4, 0.5) is 0 Å². The van der Waals surface area contributed by atoms with Crippen LogP contribution in [-0.2, 0) is 4.79 Å². The van der Waals surface area contributed by atoms with Crippen LogP contribution in [0.15, 0.2) is 30.3 Å². The highest BCUT2D eigenvalue weighted by molar-refractivity contribution is 7.14. The van der Waals surface area contributed by atoms with E-state index in [1.54, 1.807) is 14.0 Å². The molecule has 5 nitrogen and oxygen atoms in total. The van der Waals surface area contributed by atoms with Crippen molar-refractivity contribution in [1.29, 1.82) is 0 Å². The molecule has 1 unspecified atom stereocenters. The third-order valence-corrected chi connectivity index (χ3v) is 4.25. The topological polar surface area (TPSA) is 70.5 Å². The molecule has 0 saturated carbocycles. The van der Waals surface area contributed by atoms with Crippen molar-refractivity contribution in [1.82, 2.24) is 9.88 Å². The smallest absolute Gasteiger partial charge is 0.308 e. The molecule has 0 bridgehead atoms. The van der Waals surface area contributed by atoms with Gasteiger partial charge in [-0.1, -0.05) is 37.3 Å². The van der Waals surface area contributed by atoms with Gasteiger partial charge in [-0.2, -0.15) is 0 Å². The number of hydrogen-bond acceptors (Lipinski definition) is 4. The largest absolute Gasteiger partial charge is 0.481 e. The Kier molecular flexibility index (Phi) is 4.92. The van der Waals surface area contributed by atoms with Crippen molar-refractivity contribution in [3.63, 3.8) is 0 Å². The Hall–Kier alpha value is -2.21. The highest BCUT2D eigenvalue weighted by Crippen LogP contribution is 2.29. The second-order valence-electron chi connectivity index (χ2n) is 5.20. The first-order chi connectivity index (χ1) is 10.4. The van der Waals surface area contributed by atoms with Crippen molar-refractivity contribution in [2.45, 2.75) is 13.8 Å². The zero-order valence-electron chi connectivity index (χ0n) is 12.7. The molecule has 0 radical (unpaired) electrons. The Bertz CT molecular complexity index is 682. The molecular formula is C16H18N2O3S. The summed E-state index contributed by atoms with van der Waals surface area (Å²) in [6.45, 7) is 3.61. The van der Waals surface area contributed by atoms with Crippen LogP contribution >= 0.6 is 11.3 Å². The van der Waals surface area contributed by atoms with Crippen molar-refractivity contribution >= 4 is 23.2 Å². The number of carbonyl (C=O) groups is 2. The van der Waals surface area contributed by atoms with Crippen molar-refractivity contribution in [3.8, 4) is 11.3 Å². The molecule has 1 aromatic carbocycles. The number of rotatable bonds is 5. The fraction of sp³-hybridized carbons (Fsp3) is 0.312. The minimum atomic E-state index is -0.914. The van der Waals surface area contributed by atoms with E-state index in [9.17, 15) is 9.59 Å². The SMILES string of the molecule is Cc1nc(-c2ccccc2)c(C(=O)N(C)CC(C)C(=O)O)s1. The number of carboxylic acids is 1. The number of carbonyl (C=O) groups excluding carboxylic acids is 1. The zero-order chi connectivity index (χ0) is 16.3. The summed E-state index contributed by atoms with van der Waals surface area (Å²) in [6, 6.07) is 9.52. The van der Waals surface area contributed by atoms with Crippen molar-refractivity contribution in [2.24, 2.45) is 5.92 Å². The quantitative estimate of drug-likeness (QED) is 0.920. The van der Waals surface area contributed by atoms with Crippen LogP contribution in [0.2, 0.25) is 0 Å². The van der Waals surface area contributed by atoms with Gasteiger partial charge in [0.25, 0.3) is 5.91 Å². The maximum atomic E-state index is 12.6. The van der Waals surface area contributed by atoms with Gasteiger partial charge in [0.15, 0.2) is 0 Å². The van der Waals surface area contributed by atoms with Crippen LogP contribution in [-0.4, -0.2) is 40.5 Å². The molecule has 116 valence electrons. The molecule has 0 aliphatic heterocycles. The minimum absolute atomic E-state index is 0.166. The Morgan fingerprint density at radius 3 is 2.55 bits per heavy atom. The van der Waals surface area contributed by atoms with Crippen molar-refractivity contribution in [3.05, 3.63) is 40.2 Å². The zero-order valence-corrected chi connectivity index (χ0v) is 13.6. The summed E-state index contributed by atoms with van der Waals surface area (Å²) >= 11 is 1.33. The van der Waals surface area contributed by atoms with E-state index < -0.39 is 11.9 Å². The molecule has 0 fully saturated rings. The van der Waals surface area contributed by atoms with Gasteiger partial charge < -0.3 is 10.0 Å². The number of hydrogen-bond donors (Lipinski definition) is 1. The third-order valence-electron chi connectivity index (χ3n) is 3.29. The fourth-order valence-corrected chi connectivity index (χ4v) is 3.04. The van der Waals surface area contributed by atoms with E-state index in [0.29, 0.717) is 10.6 Å². The number of carboxylic acid groups (broad SMARTS) is 1. The van der Waals surface area contributed by atoms with E-state index in [1.165, 1.54) is 16.2 Å². The molecule has 1 heterocycles. The lowest BCUT2D eigenvalue weighted by molar-refractivity contribution is -0.141. The summed E-state index contributed by atoms with van der Waals surface area (Å²) in [6.07, 6.45) is 0. The average Bonchev–Trinajstić information content (AvgIpc) is 2.89. The second-order valence-corrected chi connectivity index (χ2v) is 6.40. The lowest BCUT2D eigenvalue weighted by Gasteiger charge is -2.19. The molecule has 22 heavy (non-hydrogen) atoms. The predicted octanol–water partition coefficient (Wildman–Crippen LogP) is 2.91. The lowest BCUT2D eigenvalue weighted by Crippen LogP contribution is -2.33. The number of nitrogens with zero attached hydrogens (tertiary/aromatic N) is 2. The first kappa shape index (κ1) is 16.2. The molecule has 1 atom stereocenters. The standard InChI is InChI=1S/C16H18N2O3S/c1-10(16(20)21)9-18(3)15(19)14-13(17-11(2)22-14)12-7-5-4-6-8-12/h4-8,10H,9H2,1-3H3,(H,20,21). The molecule has 1 amide bonds. The summed E-state index contributed by atoms with van der Waals surface area (Å²) in [4.78, 5) is 30.0. The van der Waals surface area contributed by atoms with E-state index in [1.807, 2.05) is 37.3 Å². The molecule has 0 spiro atoms. The van der Waals surface area contributed by atoms with Gasteiger partial charge in [0.2, 0.25) is 0 Å². The van der Waals surface area contributed by atoms with Gasteiger partial charge in [0.05, 0.1) is 16.6 Å². The Labute approximate surface area is 133 Å². The molecule has 6 heteroatoms. The number of aromatic nitrogens is 1. The number of thiazole rings is 1. The van der Waals surface area contributed by atoms with E-state index in [2.05, 4.69) is 4.98 Å². The van der Waals surface area contributed by atoms with Crippen molar-refractivity contribution in [2.75, 3.05) is 13.6 Å². The molecule has 2 rings (SSSR count). The van der Waals surface area contributed by atoms with E-state index >= 15 is 0 Å². The predicted molar refractivity (Wildman–Crippen MR) is 86.0 cm³/mol. The van der Waals surface area contributed by atoms with Gasteiger partial charge in [-0.05, 0) is 6.92 Å². The first-order valence-electron chi connectivity index (χ1n) is 6.91. The highest BCUT2D eigenvalue weighted by Gasteiger charge is 2.23. The Morgan fingerprint density at radius 1 is 1.32 bits per heavy atom. The number of aliphatic carboxylic acids is 1. The second kappa shape index (κ2) is 6.70. The number of benzene rings is 1. The number of amides is 1. The van der Waals surface area contributed by atoms with Gasteiger partial charge in [0.1, 0.15) is 4.88 Å². The Balaban J connectivity index is 2.29. The van der Waals surface area contributed by atoms with Gasteiger partial charge in [0, 0.05) is 19.2 Å². The van der Waals surface area contributed by atoms with Crippen molar-refractivity contribution < 1.29 is 14.7 Å². The summed E-state index contributed by atoms with van der Waals surface area (Å²) in [5.41, 5.74) is 1.54. The van der Waals surface area contributed by atoms with Gasteiger partial charge in [-0.25, -0.2) is 4.98 Å². The molecule has 0 aliphatic rings. The van der Waals surface area contributed by atoms with Crippen LogP contribution in [0.5, 0.6) is 0 Å². The maximum absolute atomic E-state index is 12.6. The van der Waals surface area contributed by atoms with E-state index in [0.717, 1.165) is 10.6 Å². The lowest BCUT2D eigenvalue weighted by atomic mass is 10.1. The Morgan fingerprint density at radius 2 is 1.95 bits per heavy atom. The summed E-state index contributed by atoms with van der Waals surface area (Å²) in [5.74, 6) is -1.72. The van der Waals surface area contributed by atoms with E-state index in [4.69, 9.17) is 5.11 Å². The molecule has 0 aliphatic carbocycles. The fourth-order valence-electron chi connectivity index (χ4n) is 2.11. The van der Waals surface area contributed by atoms with Crippen LogP contribution in [0.3, 0.4) is 0 Å². The average molecular weight is 318 g/mol. The van der Waals surface area contributed by atoms with Crippen LogP contribution in [0, 0.1) is 12.8 Å². The summed E-state index contributed by atoms with van der Waals surface area (Å²) in [5, 5.41) is 9.78. The third kappa shape index (κ3) is 3.51. The highest BCUT2D eigenvalue weighted by atomic mass is 32.1. The molecular weight excluding hydrogens is 300 g/mol. The summed E-state index contributed by atoms with van der Waals surface area (Å²) < 4.78 is 0. The summed E-state index contributed by atoms with van der Waals surface area (Å²) in [7, 11) is 1.62. The molecule has 2 aromatic rings. The van der Waals surface area contributed by atoms with Crippen LogP contribution in [0.1, 0.15) is 21.6 Å². The van der Waals surface area contributed by atoms with E-state index in [-0.39, 0.29) is 12.5 Å². The molecule has 0 saturated heterocycles. The maximum Gasteiger partial charge on any atom is 0.308 e. The van der Waals surface area contributed by atoms with Gasteiger partial charge in [-0.3, -0.25) is 9.59 Å². The monoisotopic (exact) mass is 318 g/mol. The van der Waals surface area contributed by atoms with Gasteiger partial charge in [-0.15, -0.1) is 11.3 Å². The molecule has 1 N–H and O–H groups in total. The normalized spacial score (nSPS) is 12.0. The minimum Gasteiger partial charge on any atom is -0.481 e. The van der Waals surface area contributed by atoms with Crippen LogP contribution < -0.4 is 0 Å².